The van der Waals surface area contributed by atoms with Crippen molar-refractivity contribution in [2.75, 3.05) is 37.6 Å². The average Bonchev–Trinajstić information content (AvgIpc) is 2.78. The molecule has 0 saturated carbocycles. The summed E-state index contributed by atoms with van der Waals surface area (Å²) in [5, 5.41) is 1.19. The minimum absolute atomic E-state index is 0. The van der Waals surface area contributed by atoms with Crippen LogP contribution in [0.2, 0.25) is 0 Å². The number of hydrogen-bond acceptors (Lipinski definition) is 6. The van der Waals surface area contributed by atoms with Gasteiger partial charge in [0.15, 0.2) is 0 Å². The number of thiophene rings is 1. The highest BCUT2D eigenvalue weighted by Gasteiger charge is 2.23. The molecule has 1 aliphatic rings. The van der Waals surface area contributed by atoms with E-state index in [1.54, 1.807) is 17.7 Å². The zero-order chi connectivity index (χ0) is 15.0. The molecule has 122 valence electrons. The van der Waals surface area contributed by atoms with Gasteiger partial charge in [-0.1, -0.05) is 0 Å². The number of nitrogens with zero attached hydrogens (tertiary/aromatic N) is 4. The summed E-state index contributed by atoms with van der Waals surface area (Å²) in [6.45, 7) is 11.3. The second kappa shape index (κ2) is 6.66. The van der Waals surface area contributed by atoms with Gasteiger partial charge >= 0.3 is 0 Å². The molecule has 0 aliphatic carbocycles. The Morgan fingerprint density at radius 1 is 1.23 bits per heavy atom. The smallest absolute Gasteiger partial charge is 0.140 e. The summed E-state index contributed by atoms with van der Waals surface area (Å²) < 4.78 is 0. The zero-order valence-corrected chi connectivity index (χ0v) is 15.0. The summed E-state index contributed by atoms with van der Waals surface area (Å²) in [6.07, 6.45) is 1.68. The van der Waals surface area contributed by atoms with Gasteiger partial charge in [0.25, 0.3) is 0 Å². The Morgan fingerprint density at radius 3 is 2.55 bits per heavy atom. The third-order valence-electron chi connectivity index (χ3n) is 3.73. The van der Waals surface area contributed by atoms with Crippen molar-refractivity contribution in [3.8, 4) is 0 Å². The van der Waals surface area contributed by atoms with Crippen LogP contribution in [0.3, 0.4) is 0 Å². The molecule has 0 radical (unpaired) electrons. The maximum Gasteiger partial charge on any atom is 0.140 e. The Balaban J connectivity index is 0.00000176. The lowest BCUT2D eigenvalue weighted by Crippen LogP contribution is -2.53. The third kappa shape index (κ3) is 3.87. The number of nitrogens with two attached hydrogens (primary N) is 1. The monoisotopic (exact) mass is 341 g/mol. The lowest BCUT2D eigenvalue weighted by molar-refractivity contribution is 0.214. The Bertz CT molecular complexity index is 628. The van der Waals surface area contributed by atoms with Crippen LogP contribution in [0.15, 0.2) is 12.4 Å². The Hall–Kier alpha value is -0.950. The van der Waals surface area contributed by atoms with Gasteiger partial charge in [-0.05, 0) is 26.8 Å². The van der Waals surface area contributed by atoms with Gasteiger partial charge in [-0.2, -0.15) is 0 Å². The van der Waals surface area contributed by atoms with Crippen LogP contribution < -0.4 is 10.6 Å². The molecule has 2 N–H and O–H groups in total. The van der Waals surface area contributed by atoms with E-state index in [4.69, 9.17) is 5.73 Å². The van der Waals surface area contributed by atoms with Gasteiger partial charge in [0.2, 0.25) is 0 Å². The molecule has 1 saturated heterocycles. The molecule has 7 heteroatoms. The average molecular weight is 342 g/mol. The quantitative estimate of drug-likeness (QED) is 0.928. The standard InChI is InChI=1S/C15H23N5S.ClH/c1-11-8-12-13(17-10-18-14(12)21-11)20-6-4-19(5-7-20)9-15(2,3)16;/h8,10H,4-7,9,16H2,1-3H3;1H. The van der Waals surface area contributed by atoms with Gasteiger partial charge in [0, 0.05) is 43.1 Å². The highest BCUT2D eigenvalue weighted by atomic mass is 35.5. The second-order valence-electron chi connectivity index (χ2n) is 6.52. The molecule has 0 amide bonds. The Kier molecular flexibility index (Phi) is 5.27. The molecule has 0 bridgehead atoms. The number of hydrogen-bond donors (Lipinski definition) is 1. The lowest BCUT2D eigenvalue weighted by Gasteiger charge is -2.38. The van der Waals surface area contributed by atoms with Gasteiger partial charge in [-0.25, -0.2) is 9.97 Å². The van der Waals surface area contributed by atoms with Gasteiger partial charge in [0.1, 0.15) is 17.0 Å². The summed E-state index contributed by atoms with van der Waals surface area (Å²) in [5.41, 5.74) is 5.98. The summed E-state index contributed by atoms with van der Waals surface area (Å²) >= 11 is 1.73. The summed E-state index contributed by atoms with van der Waals surface area (Å²) in [5.74, 6) is 1.08. The van der Waals surface area contributed by atoms with E-state index >= 15 is 0 Å². The molecule has 1 aliphatic heterocycles. The number of anilines is 1. The molecule has 0 spiro atoms. The summed E-state index contributed by atoms with van der Waals surface area (Å²) in [4.78, 5) is 16.1. The molecule has 2 aromatic rings. The zero-order valence-electron chi connectivity index (χ0n) is 13.4. The fourth-order valence-corrected chi connectivity index (χ4v) is 3.75. The molecule has 22 heavy (non-hydrogen) atoms. The van der Waals surface area contributed by atoms with Crippen LogP contribution in [0, 0.1) is 6.92 Å². The van der Waals surface area contributed by atoms with Crippen molar-refractivity contribution >= 4 is 39.8 Å². The normalized spacial score (nSPS) is 16.8. The first kappa shape index (κ1) is 17.4. The van der Waals surface area contributed by atoms with E-state index in [1.165, 1.54) is 10.3 Å². The van der Waals surface area contributed by atoms with Crippen LogP contribution in [-0.2, 0) is 0 Å². The SMILES string of the molecule is Cc1cc2c(N3CCN(CC(C)(C)N)CC3)ncnc2s1.Cl. The van der Waals surface area contributed by atoms with Crippen molar-refractivity contribution in [1.82, 2.24) is 14.9 Å². The van der Waals surface area contributed by atoms with Crippen LogP contribution in [0.4, 0.5) is 5.82 Å². The largest absolute Gasteiger partial charge is 0.353 e. The van der Waals surface area contributed by atoms with Crippen molar-refractivity contribution in [1.29, 1.82) is 0 Å². The van der Waals surface area contributed by atoms with E-state index in [0.717, 1.165) is 43.4 Å². The maximum absolute atomic E-state index is 6.11. The number of aromatic nitrogens is 2. The van der Waals surface area contributed by atoms with Crippen molar-refractivity contribution in [3.05, 3.63) is 17.3 Å². The lowest BCUT2D eigenvalue weighted by atomic mass is 10.1. The molecule has 1 fully saturated rings. The van der Waals surface area contributed by atoms with Crippen molar-refractivity contribution in [2.45, 2.75) is 26.3 Å². The molecular formula is C15H24ClN5S. The van der Waals surface area contributed by atoms with Crippen molar-refractivity contribution in [3.63, 3.8) is 0 Å². The van der Waals surface area contributed by atoms with E-state index in [0.29, 0.717) is 0 Å². The maximum atomic E-state index is 6.11. The fraction of sp³-hybridized carbons (Fsp3) is 0.600. The Labute approximate surface area is 141 Å². The first-order chi connectivity index (χ1) is 9.92. The highest BCUT2D eigenvalue weighted by molar-refractivity contribution is 7.18. The van der Waals surface area contributed by atoms with Gasteiger partial charge < -0.3 is 10.6 Å². The van der Waals surface area contributed by atoms with E-state index in [1.807, 2.05) is 0 Å². The van der Waals surface area contributed by atoms with Gasteiger partial charge in [-0.3, -0.25) is 4.90 Å². The van der Waals surface area contributed by atoms with Gasteiger partial charge in [-0.15, -0.1) is 23.7 Å². The van der Waals surface area contributed by atoms with Gasteiger partial charge in [0.05, 0.1) is 5.39 Å². The summed E-state index contributed by atoms with van der Waals surface area (Å²) in [6, 6.07) is 2.20. The number of fused-ring (bicyclic) bond motifs is 1. The third-order valence-corrected chi connectivity index (χ3v) is 4.69. The minimum Gasteiger partial charge on any atom is -0.353 e. The molecule has 0 atom stereocenters. The first-order valence-corrected chi connectivity index (χ1v) is 8.21. The van der Waals surface area contributed by atoms with Crippen molar-refractivity contribution in [2.24, 2.45) is 5.73 Å². The molecule has 3 rings (SSSR count). The van der Waals surface area contributed by atoms with E-state index in [9.17, 15) is 0 Å². The van der Waals surface area contributed by atoms with E-state index in [2.05, 4.69) is 46.6 Å². The molecule has 2 aromatic heterocycles. The highest BCUT2D eigenvalue weighted by Crippen LogP contribution is 2.30. The predicted octanol–water partition coefficient (Wildman–Crippen LogP) is 2.28. The van der Waals surface area contributed by atoms with E-state index < -0.39 is 0 Å². The minimum atomic E-state index is -0.130. The fourth-order valence-electron chi connectivity index (χ4n) is 2.91. The molecule has 3 heterocycles. The van der Waals surface area contributed by atoms with Crippen molar-refractivity contribution < 1.29 is 0 Å². The second-order valence-corrected chi connectivity index (χ2v) is 7.76. The Morgan fingerprint density at radius 2 is 1.91 bits per heavy atom. The van der Waals surface area contributed by atoms with Crippen LogP contribution in [-0.4, -0.2) is 53.1 Å². The van der Waals surface area contributed by atoms with Crippen LogP contribution >= 0.6 is 23.7 Å². The number of piperazine rings is 1. The topological polar surface area (TPSA) is 58.3 Å². The number of rotatable bonds is 3. The predicted molar refractivity (Wildman–Crippen MR) is 96.3 cm³/mol. The number of aryl methyl sites for hydroxylation is 1. The first-order valence-electron chi connectivity index (χ1n) is 7.40. The van der Waals surface area contributed by atoms with E-state index in [-0.39, 0.29) is 17.9 Å². The van der Waals surface area contributed by atoms with Crippen LogP contribution in [0.25, 0.3) is 10.2 Å². The molecule has 0 unspecified atom stereocenters. The number of halogens is 1. The van der Waals surface area contributed by atoms with Crippen LogP contribution in [0.1, 0.15) is 18.7 Å². The summed E-state index contributed by atoms with van der Waals surface area (Å²) in [7, 11) is 0. The van der Waals surface area contributed by atoms with Crippen LogP contribution in [0.5, 0.6) is 0 Å². The molecule has 0 aromatic carbocycles. The molecular weight excluding hydrogens is 318 g/mol. The molecule has 5 nitrogen and oxygen atoms in total.